The van der Waals surface area contributed by atoms with Crippen molar-refractivity contribution >= 4 is 17.5 Å². The van der Waals surface area contributed by atoms with E-state index in [9.17, 15) is 4.79 Å². The van der Waals surface area contributed by atoms with E-state index in [2.05, 4.69) is 18.8 Å². The first-order valence-corrected chi connectivity index (χ1v) is 6.43. The van der Waals surface area contributed by atoms with Crippen LogP contribution in [-0.4, -0.2) is 22.3 Å². The molecule has 3 heteroatoms. The van der Waals surface area contributed by atoms with Crippen LogP contribution in [0.3, 0.4) is 0 Å². The summed E-state index contributed by atoms with van der Waals surface area (Å²) >= 11 is 1.72. The summed E-state index contributed by atoms with van der Waals surface area (Å²) in [6, 6.07) is 1.94. The van der Waals surface area contributed by atoms with Gasteiger partial charge in [-0.1, -0.05) is 13.8 Å². The molecule has 0 saturated carbocycles. The van der Waals surface area contributed by atoms with Gasteiger partial charge in [0.1, 0.15) is 0 Å². The van der Waals surface area contributed by atoms with Crippen LogP contribution in [-0.2, 0) is 0 Å². The standard InChI is InChI=1S/C12H19NOS/c1-8(2)6-15-7-12(14)11-5-9(3)13-10(11)4/h5,8,13H,6-7H2,1-4H3. The summed E-state index contributed by atoms with van der Waals surface area (Å²) in [5.41, 5.74) is 2.90. The number of rotatable bonds is 5. The number of aryl methyl sites for hydroxylation is 2. The Morgan fingerprint density at radius 1 is 1.47 bits per heavy atom. The Hall–Kier alpha value is -0.700. The van der Waals surface area contributed by atoms with Gasteiger partial charge in [-0.3, -0.25) is 4.79 Å². The zero-order valence-electron chi connectivity index (χ0n) is 9.89. The van der Waals surface area contributed by atoms with Crippen molar-refractivity contribution in [2.75, 3.05) is 11.5 Å². The van der Waals surface area contributed by atoms with Gasteiger partial charge in [-0.15, -0.1) is 0 Å². The van der Waals surface area contributed by atoms with E-state index in [1.807, 2.05) is 19.9 Å². The molecule has 0 spiro atoms. The highest BCUT2D eigenvalue weighted by Crippen LogP contribution is 2.14. The lowest BCUT2D eigenvalue weighted by atomic mass is 10.2. The largest absolute Gasteiger partial charge is 0.362 e. The Kier molecular flexibility index (Phi) is 4.45. The van der Waals surface area contributed by atoms with Gasteiger partial charge in [0.25, 0.3) is 0 Å². The molecule has 1 rings (SSSR count). The van der Waals surface area contributed by atoms with Crippen molar-refractivity contribution in [3.63, 3.8) is 0 Å². The Labute approximate surface area is 95.8 Å². The van der Waals surface area contributed by atoms with Gasteiger partial charge in [0, 0.05) is 17.0 Å². The monoisotopic (exact) mass is 225 g/mol. The first kappa shape index (κ1) is 12.4. The Balaban J connectivity index is 2.50. The van der Waals surface area contributed by atoms with E-state index in [0.29, 0.717) is 11.7 Å². The molecule has 0 atom stereocenters. The number of hydrogen-bond acceptors (Lipinski definition) is 2. The Morgan fingerprint density at radius 3 is 2.60 bits per heavy atom. The second-order valence-electron chi connectivity index (χ2n) is 4.32. The Bertz CT molecular complexity index is 341. The molecule has 1 aromatic rings. The molecule has 0 saturated heterocycles. The number of nitrogens with one attached hydrogen (secondary N) is 1. The molecular formula is C12H19NOS. The second kappa shape index (κ2) is 5.40. The number of aromatic amines is 1. The van der Waals surface area contributed by atoms with Crippen LogP contribution in [0.15, 0.2) is 6.07 Å². The van der Waals surface area contributed by atoms with Gasteiger partial charge in [0.15, 0.2) is 5.78 Å². The van der Waals surface area contributed by atoms with Crippen molar-refractivity contribution < 1.29 is 4.79 Å². The fourth-order valence-electron chi connectivity index (χ4n) is 1.48. The first-order chi connectivity index (χ1) is 7.00. The van der Waals surface area contributed by atoms with E-state index >= 15 is 0 Å². The SMILES string of the molecule is Cc1cc(C(=O)CSCC(C)C)c(C)[nH]1. The topological polar surface area (TPSA) is 32.9 Å². The fourth-order valence-corrected chi connectivity index (χ4v) is 2.41. The summed E-state index contributed by atoms with van der Waals surface area (Å²) < 4.78 is 0. The summed E-state index contributed by atoms with van der Waals surface area (Å²) in [5, 5.41) is 0. The van der Waals surface area contributed by atoms with Gasteiger partial charge in [0.2, 0.25) is 0 Å². The number of hydrogen-bond donors (Lipinski definition) is 1. The van der Waals surface area contributed by atoms with Crippen LogP contribution in [0.5, 0.6) is 0 Å². The predicted molar refractivity (Wildman–Crippen MR) is 66.8 cm³/mol. The number of H-pyrrole nitrogens is 1. The molecule has 0 amide bonds. The molecule has 0 aliphatic rings. The van der Waals surface area contributed by atoms with Gasteiger partial charge in [-0.25, -0.2) is 0 Å². The van der Waals surface area contributed by atoms with Crippen LogP contribution in [0.4, 0.5) is 0 Å². The summed E-state index contributed by atoms with van der Waals surface area (Å²) in [7, 11) is 0. The quantitative estimate of drug-likeness (QED) is 0.781. The highest BCUT2D eigenvalue weighted by Gasteiger charge is 2.11. The van der Waals surface area contributed by atoms with E-state index in [1.54, 1.807) is 11.8 Å². The molecule has 0 aliphatic carbocycles. The van der Waals surface area contributed by atoms with Crippen LogP contribution < -0.4 is 0 Å². The summed E-state index contributed by atoms with van der Waals surface area (Å²) in [4.78, 5) is 15.0. The zero-order chi connectivity index (χ0) is 11.4. The fraction of sp³-hybridized carbons (Fsp3) is 0.583. The lowest BCUT2D eigenvalue weighted by molar-refractivity contribution is 0.102. The van der Waals surface area contributed by atoms with Crippen LogP contribution in [0, 0.1) is 19.8 Å². The molecule has 0 unspecified atom stereocenters. The van der Waals surface area contributed by atoms with E-state index in [0.717, 1.165) is 22.7 Å². The van der Waals surface area contributed by atoms with Crippen LogP contribution >= 0.6 is 11.8 Å². The Morgan fingerprint density at radius 2 is 2.13 bits per heavy atom. The maximum absolute atomic E-state index is 11.8. The molecule has 0 aliphatic heterocycles. The van der Waals surface area contributed by atoms with Gasteiger partial charge in [0.05, 0.1) is 5.75 Å². The van der Waals surface area contributed by atoms with Gasteiger partial charge in [-0.05, 0) is 31.6 Å². The molecule has 0 aromatic carbocycles. The molecule has 1 heterocycles. The third-order valence-corrected chi connectivity index (χ3v) is 3.50. The van der Waals surface area contributed by atoms with E-state index < -0.39 is 0 Å². The summed E-state index contributed by atoms with van der Waals surface area (Å²) in [5.74, 6) is 2.53. The molecule has 84 valence electrons. The number of carbonyl (C=O) groups excluding carboxylic acids is 1. The molecule has 0 radical (unpaired) electrons. The van der Waals surface area contributed by atoms with Crippen LogP contribution in [0.2, 0.25) is 0 Å². The van der Waals surface area contributed by atoms with Crippen molar-refractivity contribution in [3.8, 4) is 0 Å². The minimum absolute atomic E-state index is 0.238. The molecule has 0 bridgehead atoms. The molecule has 2 nitrogen and oxygen atoms in total. The van der Waals surface area contributed by atoms with Crippen molar-refractivity contribution in [2.45, 2.75) is 27.7 Å². The second-order valence-corrected chi connectivity index (χ2v) is 5.35. The minimum Gasteiger partial charge on any atom is -0.362 e. The van der Waals surface area contributed by atoms with Crippen molar-refractivity contribution in [3.05, 3.63) is 23.0 Å². The normalized spacial score (nSPS) is 11.0. The average molecular weight is 225 g/mol. The van der Waals surface area contributed by atoms with Crippen molar-refractivity contribution in [2.24, 2.45) is 5.92 Å². The number of Topliss-reactive ketones (excluding diaryl/α,β-unsaturated/α-hetero) is 1. The lowest BCUT2D eigenvalue weighted by Crippen LogP contribution is -2.05. The first-order valence-electron chi connectivity index (χ1n) is 5.28. The molecule has 1 N–H and O–H groups in total. The maximum atomic E-state index is 11.8. The lowest BCUT2D eigenvalue weighted by Gasteiger charge is -2.03. The van der Waals surface area contributed by atoms with Gasteiger partial charge in [-0.2, -0.15) is 11.8 Å². The number of thioether (sulfide) groups is 1. The molecule has 1 aromatic heterocycles. The molecule has 0 fully saturated rings. The number of carbonyl (C=O) groups is 1. The smallest absolute Gasteiger partial charge is 0.174 e. The minimum atomic E-state index is 0.238. The van der Waals surface area contributed by atoms with Crippen molar-refractivity contribution in [1.82, 2.24) is 4.98 Å². The third-order valence-electron chi connectivity index (χ3n) is 2.13. The third kappa shape index (κ3) is 3.74. The van der Waals surface area contributed by atoms with E-state index in [4.69, 9.17) is 0 Å². The predicted octanol–water partition coefficient (Wildman–Crippen LogP) is 3.20. The number of ketones is 1. The summed E-state index contributed by atoms with van der Waals surface area (Å²) in [6.07, 6.45) is 0. The van der Waals surface area contributed by atoms with E-state index in [-0.39, 0.29) is 5.78 Å². The van der Waals surface area contributed by atoms with Crippen LogP contribution in [0.1, 0.15) is 35.6 Å². The van der Waals surface area contributed by atoms with Gasteiger partial charge >= 0.3 is 0 Å². The molecule has 15 heavy (non-hydrogen) atoms. The van der Waals surface area contributed by atoms with Crippen molar-refractivity contribution in [1.29, 1.82) is 0 Å². The average Bonchev–Trinajstić information content (AvgIpc) is 2.44. The molecular weight excluding hydrogens is 206 g/mol. The van der Waals surface area contributed by atoms with Gasteiger partial charge < -0.3 is 4.98 Å². The van der Waals surface area contributed by atoms with Crippen LogP contribution in [0.25, 0.3) is 0 Å². The highest BCUT2D eigenvalue weighted by atomic mass is 32.2. The number of aromatic nitrogens is 1. The van der Waals surface area contributed by atoms with E-state index in [1.165, 1.54) is 0 Å². The zero-order valence-corrected chi connectivity index (χ0v) is 10.7. The summed E-state index contributed by atoms with van der Waals surface area (Å²) in [6.45, 7) is 8.27. The highest BCUT2D eigenvalue weighted by molar-refractivity contribution is 7.99. The maximum Gasteiger partial charge on any atom is 0.174 e.